The van der Waals surface area contributed by atoms with Gasteiger partial charge in [-0.15, -0.1) is 0 Å². The number of thioether (sulfide) groups is 1. The molecule has 1 aromatic heterocycles. The van der Waals surface area contributed by atoms with E-state index in [1.165, 1.54) is 7.11 Å². The van der Waals surface area contributed by atoms with Crippen LogP contribution in [0.3, 0.4) is 0 Å². The van der Waals surface area contributed by atoms with E-state index in [1.54, 1.807) is 11.8 Å². The molecule has 0 radical (unpaired) electrons. The number of ether oxygens (including phenoxy) is 2. The van der Waals surface area contributed by atoms with Gasteiger partial charge < -0.3 is 25.8 Å². The maximum absolute atomic E-state index is 13.3. The number of carbonyl (C=O) groups excluding carboxylic acids is 2. The van der Waals surface area contributed by atoms with E-state index in [0.29, 0.717) is 42.5 Å². The Morgan fingerprint density at radius 2 is 1.92 bits per heavy atom. The van der Waals surface area contributed by atoms with Crippen LogP contribution in [-0.2, 0) is 14.3 Å². The van der Waals surface area contributed by atoms with Crippen LogP contribution < -0.4 is 21.1 Å². The van der Waals surface area contributed by atoms with Crippen molar-refractivity contribution in [3.8, 4) is 17.1 Å². The van der Waals surface area contributed by atoms with Crippen LogP contribution in [0.4, 0.5) is 5.69 Å². The van der Waals surface area contributed by atoms with Crippen molar-refractivity contribution in [1.82, 2.24) is 10.3 Å². The van der Waals surface area contributed by atoms with Crippen LogP contribution in [0.2, 0.25) is 0 Å². The van der Waals surface area contributed by atoms with Gasteiger partial charge in [0.15, 0.2) is 6.10 Å². The molecule has 2 rings (SSSR count). The molecule has 2 aromatic rings. The third kappa shape index (κ3) is 9.55. The zero-order valence-electron chi connectivity index (χ0n) is 21.2. The number of nitrogens with one attached hydrogen (secondary N) is 2. The lowest BCUT2D eigenvalue weighted by atomic mass is 10.1. The van der Waals surface area contributed by atoms with Gasteiger partial charge in [0.25, 0.3) is 5.91 Å². The van der Waals surface area contributed by atoms with Crippen LogP contribution in [0, 0.1) is 0 Å². The summed E-state index contributed by atoms with van der Waals surface area (Å²) in [5.74, 6) is 0.688. The SMILES string of the molecule is CCCCC(Oc1nc(-c2ccccc2)ccc1NCC(N)CS)C(=O)N[C@@H](CCSC)C(=O)OC. The molecule has 1 aromatic carbocycles. The van der Waals surface area contributed by atoms with E-state index >= 15 is 0 Å². The molecule has 1 heterocycles. The summed E-state index contributed by atoms with van der Waals surface area (Å²) < 4.78 is 11.1. The lowest BCUT2D eigenvalue weighted by Gasteiger charge is -2.23. The summed E-state index contributed by atoms with van der Waals surface area (Å²) in [4.78, 5) is 30.3. The quantitative estimate of drug-likeness (QED) is 0.190. The van der Waals surface area contributed by atoms with E-state index in [0.717, 1.165) is 24.1 Å². The number of amides is 1. The highest BCUT2D eigenvalue weighted by atomic mass is 32.2. The zero-order chi connectivity index (χ0) is 26.3. The minimum absolute atomic E-state index is 0.161. The van der Waals surface area contributed by atoms with Crippen molar-refractivity contribution < 1.29 is 19.1 Å². The lowest BCUT2D eigenvalue weighted by molar-refractivity contribution is -0.146. The third-order valence-electron chi connectivity index (χ3n) is 5.50. The van der Waals surface area contributed by atoms with Gasteiger partial charge in [-0.05, 0) is 43.4 Å². The van der Waals surface area contributed by atoms with E-state index in [2.05, 4.69) is 23.3 Å². The first-order valence-electron chi connectivity index (χ1n) is 12.1. The number of nitrogens with two attached hydrogens (primary N) is 1. The number of thiol groups is 1. The van der Waals surface area contributed by atoms with Gasteiger partial charge in [0.1, 0.15) is 6.04 Å². The fourth-order valence-corrected chi connectivity index (χ4v) is 4.00. The van der Waals surface area contributed by atoms with Gasteiger partial charge in [0, 0.05) is 23.9 Å². The number of hydrogen-bond acceptors (Lipinski definition) is 9. The number of rotatable bonds is 16. The lowest BCUT2D eigenvalue weighted by Crippen LogP contribution is -2.48. The Hall–Kier alpha value is -2.43. The van der Waals surface area contributed by atoms with E-state index in [-0.39, 0.29) is 11.9 Å². The number of benzene rings is 1. The number of pyridine rings is 1. The van der Waals surface area contributed by atoms with Crippen LogP contribution in [0.1, 0.15) is 32.6 Å². The van der Waals surface area contributed by atoms with E-state index in [9.17, 15) is 9.59 Å². The Morgan fingerprint density at radius 3 is 2.56 bits per heavy atom. The van der Waals surface area contributed by atoms with Crippen molar-refractivity contribution in [2.24, 2.45) is 5.73 Å². The third-order valence-corrected chi connectivity index (χ3v) is 6.61. The number of methoxy groups -OCH3 is 1. The molecule has 0 aliphatic rings. The second-order valence-electron chi connectivity index (χ2n) is 8.35. The molecule has 0 saturated heterocycles. The van der Waals surface area contributed by atoms with Crippen LogP contribution in [-0.4, -0.2) is 66.5 Å². The van der Waals surface area contributed by atoms with Crippen LogP contribution in [0.15, 0.2) is 42.5 Å². The number of hydrogen-bond donors (Lipinski definition) is 4. The molecule has 0 bridgehead atoms. The van der Waals surface area contributed by atoms with Gasteiger partial charge in [0.05, 0.1) is 18.5 Å². The summed E-state index contributed by atoms with van der Waals surface area (Å²) in [5, 5.41) is 6.10. The van der Waals surface area contributed by atoms with Gasteiger partial charge in [0.2, 0.25) is 5.88 Å². The van der Waals surface area contributed by atoms with Crippen molar-refractivity contribution in [2.75, 3.05) is 36.7 Å². The molecule has 1 amide bonds. The molecule has 0 saturated carbocycles. The van der Waals surface area contributed by atoms with E-state index in [4.69, 9.17) is 20.2 Å². The zero-order valence-corrected chi connectivity index (χ0v) is 22.9. The van der Waals surface area contributed by atoms with E-state index in [1.807, 2.05) is 55.6 Å². The van der Waals surface area contributed by atoms with Gasteiger partial charge in [-0.1, -0.05) is 43.7 Å². The second kappa shape index (κ2) is 16.3. The summed E-state index contributed by atoms with van der Waals surface area (Å²) in [7, 11) is 1.32. The highest BCUT2D eigenvalue weighted by molar-refractivity contribution is 7.98. The summed E-state index contributed by atoms with van der Waals surface area (Å²) in [6, 6.07) is 12.6. The topological polar surface area (TPSA) is 116 Å². The monoisotopic (exact) mass is 534 g/mol. The summed E-state index contributed by atoms with van der Waals surface area (Å²) in [6.07, 6.45) is 3.73. The molecule has 198 valence electrons. The maximum atomic E-state index is 13.3. The predicted molar refractivity (Wildman–Crippen MR) is 151 cm³/mol. The van der Waals surface area contributed by atoms with Crippen molar-refractivity contribution in [3.63, 3.8) is 0 Å². The first-order valence-corrected chi connectivity index (χ1v) is 14.2. The van der Waals surface area contributed by atoms with Crippen molar-refractivity contribution in [2.45, 2.75) is 50.8 Å². The number of anilines is 1. The number of carbonyl (C=O) groups is 2. The Balaban J connectivity index is 2.34. The highest BCUT2D eigenvalue weighted by Crippen LogP contribution is 2.29. The van der Waals surface area contributed by atoms with Crippen molar-refractivity contribution >= 4 is 42.0 Å². The Bertz CT molecular complexity index is 949. The molecule has 0 fully saturated rings. The minimum Gasteiger partial charge on any atom is -0.467 e. The van der Waals surface area contributed by atoms with Gasteiger partial charge in [-0.3, -0.25) is 4.79 Å². The standard InChI is InChI=1S/C26H38N4O4S2/c1-4-5-11-23(24(31)29-22(14-15-36-3)26(32)33-2)34-25-21(28-16-19(27)17-35)13-12-20(30-25)18-9-7-6-8-10-18/h6-10,12-13,19,22-23,28,35H,4-5,11,14-17,27H2,1-3H3,(H,29,31)/t19?,22-,23?/m0/s1. The Kier molecular flexibility index (Phi) is 13.5. The Labute approximate surface area is 223 Å². The normalized spacial score (nSPS) is 13.4. The van der Waals surface area contributed by atoms with Crippen molar-refractivity contribution in [3.05, 3.63) is 42.5 Å². The smallest absolute Gasteiger partial charge is 0.328 e. The number of aromatic nitrogens is 1. The largest absolute Gasteiger partial charge is 0.467 e. The number of esters is 1. The molecule has 2 unspecified atom stereocenters. The highest BCUT2D eigenvalue weighted by Gasteiger charge is 2.28. The van der Waals surface area contributed by atoms with Crippen molar-refractivity contribution in [1.29, 1.82) is 0 Å². The molecule has 36 heavy (non-hydrogen) atoms. The molecular formula is C26H38N4O4S2. The van der Waals surface area contributed by atoms with E-state index < -0.39 is 18.1 Å². The van der Waals surface area contributed by atoms with Gasteiger partial charge in [-0.2, -0.15) is 24.4 Å². The maximum Gasteiger partial charge on any atom is 0.328 e. The summed E-state index contributed by atoms with van der Waals surface area (Å²) in [5.41, 5.74) is 8.31. The van der Waals surface area contributed by atoms with Crippen LogP contribution in [0.25, 0.3) is 11.3 Å². The second-order valence-corrected chi connectivity index (χ2v) is 9.70. The van der Waals surface area contributed by atoms with Crippen LogP contribution >= 0.6 is 24.4 Å². The van der Waals surface area contributed by atoms with Gasteiger partial charge >= 0.3 is 5.97 Å². The molecule has 3 atom stereocenters. The fourth-order valence-electron chi connectivity index (χ4n) is 3.40. The van der Waals surface area contributed by atoms with Crippen LogP contribution in [0.5, 0.6) is 5.88 Å². The average Bonchev–Trinajstić information content (AvgIpc) is 2.91. The Morgan fingerprint density at radius 1 is 1.17 bits per heavy atom. The minimum atomic E-state index is -0.830. The average molecular weight is 535 g/mol. The molecule has 8 nitrogen and oxygen atoms in total. The number of nitrogens with zero attached hydrogens (tertiary/aromatic N) is 1. The molecule has 0 aliphatic heterocycles. The fraction of sp³-hybridized carbons (Fsp3) is 0.500. The first kappa shape index (κ1) is 29.8. The predicted octanol–water partition coefficient (Wildman–Crippen LogP) is 3.77. The molecule has 0 aliphatic carbocycles. The molecular weight excluding hydrogens is 496 g/mol. The first-order chi connectivity index (χ1) is 17.4. The summed E-state index contributed by atoms with van der Waals surface area (Å²) in [6.45, 7) is 2.52. The molecule has 4 N–H and O–H groups in total. The molecule has 10 heteroatoms. The number of unbranched alkanes of at least 4 members (excludes halogenated alkanes) is 1. The molecule has 0 spiro atoms. The van der Waals surface area contributed by atoms with Gasteiger partial charge in [-0.25, -0.2) is 9.78 Å². The summed E-state index contributed by atoms with van der Waals surface area (Å²) >= 11 is 5.85.